The van der Waals surface area contributed by atoms with Gasteiger partial charge >= 0.3 is 5.97 Å². The SMILES string of the molecule is CC/C1=C\C(CO)CC(C)C(OC)C(C)CCCC2(C)C=C(C)C(C)CC23OC(=O)C(=C(O)C2(CC)C1C(C)=CC1C(O)CC(=O)C(C)C12)C3=O. The Morgan fingerprint density at radius 2 is 1.71 bits per heavy atom. The zero-order valence-corrected chi connectivity index (χ0v) is 32.8. The van der Waals surface area contributed by atoms with Crippen LogP contribution in [-0.4, -0.2) is 64.4 Å². The minimum atomic E-state index is -1.49. The number of aliphatic hydroxyl groups excluding tert-OH is 3. The van der Waals surface area contributed by atoms with E-state index in [2.05, 4.69) is 39.0 Å². The molecule has 1 spiro atoms. The van der Waals surface area contributed by atoms with Gasteiger partial charge in [-0.2, -0.15) is 0 Å². The van der Waals surface area contributed by atoms with Crippen LogP contribution in [0.3, 0.4) is 0 Å². The lowest BCUT2D eigenvalue weighted by atomic mass is 9.47. The lowest BCUT2D eigenvalue weighted by Crippen LogP contribution is -2.57. The molecule has 1 saturated heterocycles. The Balaban J connectivity index is 1.85. The normalized spacial score (nSPS) is 45.0. The van der Waals surface area contributed by atoms with Crippen molar-refractivity contribution in [3.8, 4) is 0 Å². The van der Waals surface area contributed by atoms with Gasteiger partial charge in [0.25, 0.3) is 0 Å². The molecule has 2 fully saturated rings. The number of hydrogen-bond acceptors (Lipinski definition) is 8. The first-order valence-corrected chi connectivity index (χ1v) is 19.6. The number of ether oxygens (including phenoxy) is 2. The Kier molecular flexibility index (Phi) is 11.4. The molecule has 8 heteroatoms. The minimum Gasteiger partial charge on any atom is -0.511 e. The first-order chi connectivity index (χ1) is 24.0. The van der Waals surface area contributed by atoms with Crippen LogP contribution in [0.15, 0.2) is 46.3 Å². The maximum atomic E-state index is 15.2. The summed E-state index contributed by atoms with van der Waals surface area (Å²) in [5.74, 6) is -3.69. The molecule has 13 atom stereocenters. The van der Waals surface area contributed by atoms with Crippen LogP contribution in [0.4, 0.5) is 0 Å². The van der Waals surface area contributed by atoms with E-state index in [0.29, 0.717) is 32.1 Å². The van der Waals surface area contributed by atoms with Crippen LogP contribution in [0.5, 0.6) is 0 Å². The Bertz CT molecular complexity index is 1520. The minimum absolute atomic E-state index is 0.0138. The summed E-state index contributed by atoms with van der Waals surface area (Å²) in [6.45, 7) is 18.3. The van der Waals surface area contributed by atoms with E-state index in [0.717, 1.165) is 29.6 Å². The van der Waals surface area contributed by atoms with E-state index in [-0.39, 0.29) is 59.9 Å². The number of hydrogen-bond donors (Lipinski definition) is 3. The maximum Gasteiger partial charge on any atom is 0.346 e. The van der Waals surface area contributed by atoms with Crippen LogP contribution < -0.4 is 0 Å². The molecule has 0 radical (unpaired) electrons. The van der Waals surface area contributed by atoms with Crippen molar-refractivity contribution in [1.29, 1.82) is 0 Å². The zero-order chi connectivity index (χ0) is 37.8. The standard InChI is InChI=1S/C43H64O8/c1-11-30-18-29(22-44)16-25(5)37(50-10)23(3)14-13-15-41(9)20-26(6)27(7)21-43(41)39(48)34(40(49)51-43)38(47)42(12-2)35(30)24(4)17-31-33(46)19-32(45)28(8)36(31)42/h17-18,20,23,25,27-29,31,33,35-37,44,46-47H,11-16,19,21-22H2,1-10H3/b30-18+,38-34?. The molecule has 1 heterocycles. The summed E-state index contributed by atoms with van der Waals surface area (Å²) in [5, 5.41) is 35.2. The van der Waals surface area contributed by atoms with Crippen molar-refractivity contribution < 1.29 is 39.2 Å². The molecule has 0 amide bonds. The fourth-order valence-electron chi connectivity index (χ4n) is 11.7. The van der Waals surface area contributed by atoms with Crippen LogP contribution >= 0.6 is 0 Å². The van der Waals surface area contributed by atoms with Gasteiger partial charge in [-0.25, -0.2) is 4.79 Å². The van der Waals surface area contributed by atoms with Gasteiger partial charge < -0.3 is 24.8 Å². The van der Waals surface area contributed by atoms with Crippen LogP contribution in [-0.2, 0) is 23.9 Å². The Morgan fingerprint density at radius 1 is 1.02 bits per heavy atom. The molecule has 5 rings (SSSR count). The number of allylic oxidation sites excluding steroid dienone is 4. The maximum absolute atomic E-state index is 15.2. The Hall–Kier alpha value is -2.55. The van der Waals surface area contributed by atoms with Gasteiger partial charge in [-0.05, 0) is 69.6 Å². The number of methoxy groups -OCH3 is 1. The summed E-state index contributed by atoms with van der Waals surface area (Å²) in [4.78, 5) is 43.2. The molecule has 3 N–H and O–H groups in total. The molecule has 8 nitrogen and oxygen atoms in total. The fourth-order valence-corrected chi connectivity index (χ4v) is 11.7. The molecule has 0 aromatic heterocycles. The average Bonchev–Trinajstić information content (AvgIpc) is 3.33. The number of rotatable bonds is 4. The van der Waals surface area contributed by atoms with Crippen molar-refractivity contribution in [2.24, 2.45) is 58.2 Å². The number of Topliss-reactive ketones (excluding diaryl/α,β-unsaturated/α-hetero) is 2. The lowest BCUT2D eigenvalue weighted by Gasteiger charge is -2.56. The Morgan fingerprint density at radius 3 is 2.31 bits per heavy atom. The van der Waals surface area contributed by atoms with Crippen molar-refractivity contribution in [2.75, 3.05) is 13.7 Å². The largest absolute Gasteiger partial charge is 0.511 e. The number of carbonyl (C=O) groups excluding carboxylic acids is 3. The van der Waals surface area contributed by atoms with E-state index in [1.54, 1.807) is 7.11 Å². The second-order valence-corrected chi connectivity index (χ2v) is 17.4. The molecule has 0 aromatic rings. The van der Waals surface area contributed by atoms with Gasteiger partial charge in [-0.3, -0.25) is 9.59 Å². The van der Waals surface area contributed by atoms with Gasteiger partial charge in [0.1, 0.15) is 17.1 Å². The van der Waals surface area contributed by atoms with Gasteiger partial charge in [-0.15, -0.1) is 0 Å². The third-order valence-electron chi connectivity index (χ3n) is 14.4. The predicted octanol–water partition coefficient (Wildman–Crippen LogP) is 7.64. The first kappa shape index (κ1) is 39.7. The van der Waals surface area contributed by atoms with Crippen LogP contribution in [0, 0.1) is 58.2 Å². The monoisotopic (exact) mass is 708 g/mol. The van der Waals surface area contributed by atoms with Gasteiger partial charge in [0.15, 0.2) is 5.60 Å². The smallest absolute Gasteiger partial charge is 0.346 e. The highest BCUT2D eigenvalue weighted by atomic mass is 16.6. The third kappa shape index (κ3) is 6.23. The van der Waals surface area contributed by atoms with Crippen molar-refractivity contribution in [3.05, 3.63) is 46.3 Å². The average molecular weight is 709 g/mol. The van der Waals surface area contributed by atoms with E-state index in [1.165, 1.54) is 0 Å². The highest BCUT2D eigenvalue weighted by Crippen LogP contribution is 2.63. The number of carbonyl (C=O) groups is 3. The molecule has 0 aromatic carbocycles. The van der Waals surface area contributed by atoms with Crippen molar-refractivity contribution >= 4 is 17.5 Å². The summed E-state index contributed by atoms with van der Waals surface area (Å²) >= 11 is 0. The molecule has 1 saturated carbocycles. The second-order valence-electron chi connectivity index (χ2n) is 17.4. The number of ketones is 2. The summed E-state index contributed by atoms with van der Waals surface area (Å²) < 4.78 is 12.5. The third-order valence-corrected chi connectivity index (χ3v) is 14.4. The highest BCUT2D eigenvalue weighted by molar-refractivity contribution is 6.26. The van der Waals surface area contributed by atoms with Gasteiger partial charge in [-0.1, -0.05) is 89.8 Å². The first-order valence-electron chi connectivity index (χ1n) is 19.6. The number of fused-ring (bicyclic) bond motifs is 4. The molecule has 13 unspecified atom stereocenters. The van der Waals surface area contributed by atoms with Crippen LogP contribution in [0.1, 0.15) is 114 Å². The number of esters is 1. The van der Waals surface area contributed by atoms with Gasteiger partial charge in [0.2, 0.25) is 5.78 Å². The van der Waals surface area contributed by atoms with E-state index in [4.69, 9.17) is 9.47 Å². The highest BCUT2D eigenvalue weighted by Gasteiger charge is 2.67. The van der Waals surface area contributed by atoms with Crippen molar-refractivity contribution in [3.63, 3.8) is 0 Å². The van der Waals surface area contributed by atoms with E-state index in [1.807, 2.05) is 41.5 Å². The summed E-state index contributed by atoms with van der Waals surface area (Å²) in [5.41, 5.74) is -0.854. The topological polar surface area (TPSA) is 130 Å². The molecular formula is C43H64O8. The second kappa shape index (κ2) is 14.7. The molecule has 51 heavy (non-hydrogen) atoms. The van der Waals surface area contributed by atoms with Crippen LogP contribution in [0.2, 0.25) is 0 Å². The van der Waals surface area contributed by atoms with Gasteiger partial charge in [0.05, 0.1) is 12.2 Å². The fraction of sp³-hybridized carbons (Fsp3) is 0.744. The van der Waals surface area contributed by atoms with Crippen molar-refractivity contribution in [2.45, 2.75) is 131 Å². The van der Waals surface area contributed by atoms with E-state index < -0.39 is 58.0 Å². The summed E-state index contributed by atoms with van der Waals surface area (Å²) in [6.07, 6.45) is 9.45. The van der Waals surface area contributed by atoms with E-state index >= 15 is 4.79 Å². The van der Waals surface area contributed by atoms with E-state index in [9.17, 15) is 24.9 Å². The van der Waals surface area contributed by atoms with Gasteiger partial charge in [0, 0.05) is 61.1 Å². The summed E-state index contributed by atoms with van der Waals surface area (Å²) in [6, 6.07) is 0. The molecule has 4 aliphatic carbocycles. The van der Waals surface area contributed by atoms with Crippen molar-refractivity contribution in [1.82, 2.24) is 0 Å². The molecule has 284 valence electrons. The molecule has 1 aliphatic heterocycles. The molecule has 2 bridgehead atoms. The molecular weight excluding hydrogens is 644 g/mol. The zero-order valence-electron chi connectivity index (χ0n) is 32.8. The lowest BCUT2D eigenvalue weighted by molar-refractivity contribution is -0.166. The van der Waals surface area contributed by atoms with Crippen LogP contribution in [0.25, 0.3) is 0 Å². The number of aliphatic hydroxyl groups is 3. The predicted molar refractivity (Wildman–Crippen MR) is 197 cm³/mol. The summed E-state index contributed by atoms with van der Waals surface area (Å²) in [7, 11) is 1.75. The molecule has 5 aliphatic rings. The quantitative estimate of drug-likeness (QED) is 0.154. The Labute approximate surface area is 305 Å².